The Hall–Kier alpha value is -3.86. The monoisotopic (exact) mass is 426 g/mol. The SMILES string of the molecule is COc1cccc(NC2=C(c3ccc(C)c(C)c3)C(=O)N(c3cc(C)cc(C)c3)C2=O)c1. The zero-order chi connectivity index (χ0) is 23.0. The maximum atomic E-state index is 13.6. The van der Waals surface area contributed by atoms with Gasteiger partial charge >= 0.3 is 0 Å². The smallest absolute Gasteiger partial charge is 0.282 e. The number of aryl methyl sites for hydroxylation is 4. The van der Waals surface area contributed by atoms with Crippen molar-refractivity contribution in [3.05, 3.63) is 94.2 Å². The van der Waals surface area contributed by atoms with Crippen molar-refractivity contribution >= 4 is 28.8 Å². The molecule has 1 aliphatic heterocycles. The molecular formula is C27H26N2O3. The van der Waals surface area contributed by atoms with Crippen molar-refractivity contribution in [3.63, 3.8) is 0 Å². The Morgan fingerprint density at radius 2 is 1.50 bits per heavy atom. The number of nitrogens with zero attached hydrogens (tertiary/aromatic N) is 1. The number of amides is 2. The fourth-order valence-corrected chi connectivity index (χ4v) is 3.97. The van der Waals surface area contributed by atoms with Crippen molar-refractivity contribution in [2.75, 3.05) is 17.3 Å². The maximum absolute atomic E-state index is 13.6. The lowest BCUT2D eigenvalue weighted by atomic mass is 9.99. The second-order valence-corrected chi connectivity index (χ2v) is 8.20. The first-order chi connectivity index (χ1) is 15.3. The lowest BCUT2D eigenvalue weighted by Gasteiger charge is -2.17. The molecule has 0 saturated heterocycles. The molecule has 0 aliphatic carbocycles. The van der Waals surface area contributed by atoms with Crippen molar-refractivity contribution in [2.45, 2.75) is 27.7 Å². The Labute approximate surface area is 188 Å². The standard InChI is InChI=1S/C27H26N2O3/c1-16-11-17(2)13-22(12-16)29-26(30)24(20-10-9-18(3)19(4)14-20)25(27(29)31)28-21-7-6-8-23(15-21)32-5/h6-15,28H,1-5H3. The third-order valence-electron chi connectivity index (χ3n) is 5.68. The van der Waals surface area contributed by atoms with Crippen LogP contribution in [0.15, 0.2) is 66.4 Å². The van der Waals surface area contributed by atoms with Crippen LogP contribution in [0.5, 0.6) is 5.75 Å². The Morgan fingerprint density at radius 1 is 0.781 bits per heavy atom. The van der Waals surface area contributed by atoms with Crippen molar-refractivity contribution in [1.82, 2.24) is 0 Å². The van der Waals surface area contributed by atoms with E-state index in [0.717, 1.165) is 22.3 Å². The van der Waals surface area contributed by atoms with Gasteiger partial charge < -0.3 is 10.1 Å². The molecule has 162 valence electrons. The highest BCUT2D eigenvalue weighted by molar-refractivity contribution is 6.46. The van der Waals surface area contributed by atoms with E-state index in [4.69, 9.17) is 4.74 Å². The van der Waals surface area contributed by atoms with Gasteiger partial charge in [-0.25, -0.2) is 4.90 Å². The van der Waals surface area contributed by atoms with E-state index in [0.29, 0.717) is 28.3 Å². The molecule has 0 radical (unpaired) electrons. The van der Waals surface area contributed by atoms with Gasteiger partial charge in [0.25, 0.3) is 11.8 Å². The van der Waals surface area contributed by atoms with Crippen LogP contribution in [0.3, 0.4) is 0 Å². The second-order valence-electron chi connectivity index (χ2n) is 8.20. The summed E-state index contributed by atoms with van der Waals surface area (Å²) in [6, 6.07) is 18.8. The average Bonchev–Trinajstić information content (AvgIpc) is 2.99. The number of methoxy groups -OCH3 is 1. The number of carbonyl (C=O) groups is 2. The zero-order valence-corrected chi connectivity index (χ0v) is 18.9. The van der Waals surface area contributed by atoms with Gasteiger partial charge in [0.1, 0.15) is 11.4 Å². The zero-order valence-electron chi connectivity index (χ0n) is 18.9. The van der Waals surface area contributed by atoms with Gasteiger partial charge in [-0.2, -0.15) is 0 Å². The molecule has 3 aromatic rings. The predicted molar refractivity (Wildman–Crippen MR) is 128 cm³/mol. The van der Waals surface area contributed by atoms with Gasteiger partial charge in [0, 0.05) is 11.8 Å². The van der Waals surface area contributed by atoms with Crippen LogP contribution < -0.4 is 15.0 Å². The number of anilines is 2. The molecule has 0 unspecified atom stereocenters. The van der Waals surface area contributed by atoms with Crippen molar-refractivity contribution in [1.29, 1.82) is 0 Å². The Morgan fingerprint density at radius 3 is 2.16 bits per heavy atom. The van der Waals surface area contributed by atoms with Crippen LogP contribution in [0.1, 0.15) is 27.8 Å². The number of ether oxygens (including phenoxy) is 1. The topological polar surface area (TPSA) is 58.6 Å². The molecule has 0 atom stereocenters. The predicted octanol–water partition coefficient (Wildman–Crippen LogP) is 5.33. The third kappa shape index (κ3) is 3.89. The maximum Gasteiger partial charge on any atom is 0.282 e. The molecule has 0 aromatic heterocycles. The first kappa shape index (κ1) is 21.4. The molecule has 0 saturated carbocycles. The van der Waals surface area contributed by atoms with E-state index in [2.05, 4.69) is 5.32 Å². The highest BCUT2D eigenvalue weighted by atomic mass is 16.5. The van der Waals surface area contributed by atoms with Gasteiger partial charge in [-0.15, -0.1) is 0 Å². The van der Waals surface area contributed by atoms with Crippen molar-refractivity contribution in [3.8, 4) is 5.75 Å². The molecule has 0 bridgehead atoms. The molecule has 1 N–H and O–H groups in total. The van der Waals surface area contributed by atoms with E-state index < -0.39 is 0 Å². The highest BCUT2D eigenvalue weighted by Gasteiger charge is 2.40. The molecule has 1 aliphatic rings. The number of imide groups is 1. The lowest BCUT2D eigenvalue weighted by Crippen LogP contribution is -2.32. The van der Waals surface area contributed by atoms with E-state index in [1.165, 1.54) is 4.90 Å². The van der Waals surface area contributed by atoms with E-state index in [1.54, 1.807) is 13.2 Å². The van der Waals surface area contributed by atoms with Crippen LogP contribution in [-0.2, 0) is 9.59 Å². The number of rotatable bonds is 5. The van der Waals surface area contributed by atoms with Gasteiger partial charge in [0.15, 0.2) is 0 Å². The molecule has 1 heterocycles. The highest BCUT2D eigenvalue weighted by Crippen LogP contribution is 2.35. The summed E-state index contributed by atoms with van der Waals surface area (Å²) >= 11 is 0. The van der Waals surface area contributed by atoms with Gasteiger partial charge in [-0.05, 0) is 79.8 Å². The van der Waals surface area contributed by atoms with E-state index in [1.807, 2.05) is 82.3 Å². The minimum Gasteiger partial charge on any atom is -0.497 e. The summed E-state index contributed by atoms with van der Waals surface area (Å²) in [5.74, 6) is -0.0593. The molecule has 32 heavy (non-hydrogen) atoms. The fraction of sp³-hybridized carbons (Fsp3) is 0.185. The molecule has 0 spiro atoms. The summed E-state index contributed by atoms with van der Waals surface area (Å²) in [5, 5.41) is 3.19. The number of hydrogen-bond donors (Lipinski definition) is 1. The van der Waals surface area contributed by atoms with Gasteiger partial charge in [0.05, 0.1) is 18.4 Å². The van der Waals surface area contributed by atoms with Crippen LogP contribution in [0.25, 0.3) is 5.57 Å². The van der Waals surface area contributed by atoms with Gasteiger partial charge in [-0.3, -0.25) is 9.59 Å². The average molecular weight is 427 g/mol. The summed E-state index contributed by atoms with van der Waals surface area (Å²) in [4.78, 5) is 28.5. The van der Waals surface area contributed by atoms with Crippen LogP contribution >= 0.6 is 0 Å². The molecule has 0 fully saturated rings. The van der Waals surface area contributed by atoms with Crippen LogP contribution in [0.4, 0.5) is 11.4 Å². The fourth-order valence-electron chi connectivity index (χ4n) is 3.97. The van der Waals surface area contributed by atoms with Gasteiger partial charge in [-0.1, -0.05) is 30.3 Å². The summed E-state index contributed by atoms with van der Waals surface area (Å²) in [6.45, 7) is 7.92. The quantitative estimate of drug-likeness (QED) is 0.561. The van der Waals surface area contributed by atoms with E-state index in [-0.39, 0.29) is 17.5 Å². The summed E-state index contributed by atoms with van der Waals surface area (Å²) in [5.41, 5.74) is 6.73. The minimum absolute atomic E-state index is 0.255. The molecule has 2 amide bonds. The minimum atomic E-state index is -0.379. The normalized spacial score (nSPS) is 13.7. The van der Waals surface area contributed by atoms with E-state index in [9.17, 15) is 9.59 Å². The largest absolute Gasteiger partial charge is 0.497 e. The Bertz CT molecular complexity index is 1250. The summed E-state index contributed by atoms with van der Waals surface area (Å²) in [6.07, 6.45) is 0. The van der Waals surface area contributed by atoms with Crippen LogP contribution in [-0.4, -0.2) is 18.9 Å². The second kappa shape index (κ2) is 8.35. The number of carbonyl (C=O) groups excluding carboxylic acids is 2. The van der Waals surface area contributed by atoms with Crippen molar-refractivity contribution in [2.24, 2.45) is 0 Å². The molecule has 5 heteroatoms. The number of benzene rings is 3. The Balaban J connectivity index is 1.86. The number of nitrogens with one attached hydrogen (secondary N) is 1. The first-order valence-corrected chi connectivity index (χ1v) is 10.5. The molecule has 3 aromatic carbocycles. The van der Waals surface area contributed by atoms with E-state index >= 15 is 0 Å². The van der Waals surface area contributed by atoms with Crippen LogP contribution in [0, 0.1) is 27.7 Å². The molecule has 4 rings (SSSR count). The summed E-state index contributed by atoms with van der Waals surface area (Å²) in [7, 11) is 1.59. The van der Waals surface area contributed by atoms with Gasteiger partial charge in [0.2, 0.25) is 0 Å². The first-order valence-electron chi connectivity index (χ1n) is 10.5. The third-order valence-corrected chi connectivity index (χ3v) is 5.68. The van der Waals surface area contributed by atoms with Crippen molar-refractivity contribution < 1.29 is 14.3 Å². The Kier molecular flexibility index (Phi) is 5.57. The van der Waals surface area contributed by atoms with Crippen LogP contribution in [0.2, 0.25) is 0 Å². The lowest BCUT2D eigenvalue weighted by molar-refractivity contribution is -0.120. The molecule has 5 nitrogen and oxygen atoms in total. The summed E-state index contributed by atoms with van der Waals surface area (Å²) < 4.78 is 5.31. The molecular weight excluding hydrogens is 400 g/mol. The number of hydrogen-bond acceptors (Lipinski definition) is 4.